The van der Waals surface area contributed by atoms with Gasteiger partial charge in [-0.05, 0) is 30.5 Å². The van der Waals surface area contributed by atoms with Gasteiger partial charge < -0.3 is 20.1 Å². The smallest absolute Gasteiger partial charge is 0.364 e. The van der Waals surface area contributed by atoms with E-state index in [4.69, 9.17) is 4.52 Å². The van der Waals surface area contributed by atoms with Gasteiger partial charge in [0.1, 0.15) is 17.7 Å². The van der Waals surface area contributed by atoms with Crippen LogP contribution in [0.4, 0.5) is 13.2 Å². The van der Waals surface area contributed by atoms with Gasteiger partial charge in [0, 0.05) is 18.9 Å². The lowest BCUT2D eigenvalue weighted by Crippen LogP contribution is -2.24. The largest absolute Gasteiger partial charge is 0.389 e. The fourth-order valence-electron chi connectivity index (χ4n) is 3.17. The van der Waals surface area contributed by atoms with E-state index in [9.17, 15) is 22.8 Å². The van der Waals surface area contributed by atoms with Crippen LogP contribution in [0.3, 0.4) is 0 Å². The first-order valence-electron chi connectivity index (χ1n) is 9.82. The second kappa shape index (κ2) is 8.40. The zero-order valence-corrected chi connectivity index (χ0v) is 16.4. The molecule has 31 heavy (non-hydrogen) atoms. The molecule has 1 saturated carbocycles. The van der Waals surface area contributed by atoms with Gasteiger partial charge in [-0.1, -0.05) is 11.2 Å². The Balaban J connectivity index is 1.32. The van der Waals surface area contributed by atoms with Crippen LogP contribution in [0.25, 0.3) is 11.0 Å². The lowest BCUT2D eigenvalue weighted by molar-refractivity contribution is -0.144. The monoisotopic (exact) mass is 435 g/mol. The van der Waals surface area contributed by atoms with Crippen molar-refractivity contribution in [1.82, 2.24) is 25.8 Å². The van der Waals surface area contributed by atoms with Gasteiger partial charge in [-0.2, -0.15) is 13.2 Å². The molecule has 3 N–H and O–H groups in total. The number of amides is 2. The molecule has 0 radical (unpaired) electrons. The third-order valence-corrected chi connectivity index (χ3v) is 4.94. The van der Waals surface area contributed by atoms with E-state index in [0.29, 0.717) is 33.7 Å². The molecule has 11 heteroatoms. The van der Waals surface area contributed by atoms with E-state index in [-0.39, 0.29) is 24.9 Å². The number of carbonyl (C=O) groups is 2. The molecule has 0 bridgehead atoms. The maximum absolute atomic E-state index is 12.4. The van der Waals surface area contributed by atoms with Gasteiger partial charge in [0.15, 0.2) is 0 Å². The third kappa shape index (κ3) is 5.41. The predicted molar refractivity (Wildman–Crippen MR) is 103 cm³/mol. The van der Waals surface area contributed by atoms with Crippen LogP contribution in [0, 0.1) is 0 Å². The maximum Gasteiger partial charge on any atom is 0.389 e. The highest BCUT2D eigenvalue weighted by molar-refractivity contribution is 5.95. The summed E-state index contributed by atoms with van der Waals surface area (Å²) in [4.78, 5) is 31.5. The van der Waals surface area contributed by atoms with Crippen molar-refractivity contribution >= 4 is 22.8 Å². The minimum Gasteiger partial charge on any atom is -0.364 e. The van der Waals surface area contributed by atoms with Crippen LogP contribution >= 0.6 is 0 Å². The summed E-state index contributed by atoms with van der Waals surface area (Å²) in [6.07, 6.45) is -2.76. The van der Waals surface area contributed by atoms with Crippen LogP contribution in [-0.4, -0.2) is 33.1 Å². The van der Waals surface area contributed by atoms with Gasteiger partial charge in [-0.3, -0.25) is 9.59 Å². The molecule has 164 valence electrons. The molecule has 8 nitrogen and oxygen atoms in total. The fourth-order valence-corrected chi connectivity index (χ4v) is 3.17. The first kappa shape index (κ1) is 20.9. The molecule has 1 aliphatic carbocycles. The summed E-state index contributed by atoms with van der Waals surface area (Å²) in [6.45, 7) is 0.279. The van der Waals surface area contributed by atoms with E-state index >= 15 is 0 Å². The summed E-state index contributed by atoms with van der Waals surface area (Å²) in [5.41, 5.74) is 3.19. The van der Waals surface area contributed by atoms with Crippen LogP contribution in [0.2, 0.25) is 0 Å². The van der Waals surface area contributed by atoms with E-state index in [0.717, 1.165) is 12.8 Å². The first-order valence-corrected chi connectivity index (χ1v) is 9.82. The molecule has 1 aliphatic rings. The van der Waals surface area contributed by atoms with Crippen molar-refractivity contribution in [3.05, 3.63) is 47.1 Å². The molecule has 0 saturated heterocycles. The van der Waals surface area contributed by atoms with Crippen molar-refractivity contribution < 1.29 is 27.3 Å². The van der Waals surface area contributed by atoms with Crippen molar-refractivity contribution in [3.63, 3.8) is 0 Å². The SMILES string of the molecule is O=C(CCC(F)(F)F)NCc1ccc2nc(CNC(=O)c3conc3C3CC3)[nH]c2c1. The molecule has 3 aromatic rings. The minimum absolute atomic E-state index is 0.106. The Bertz CT molecular complexity index is 1100. The molecule has 0 atom stereocenters. The number of aromatic amines is 1. The zero-order valence-electron chi connectivity index (χ0n) is 16.4. The van der Waals surface area contributed by atoms with Crippen molar-refractivity contribution in [2.45, 2.75) is 50.9 Å². The van der Waals surface area contributed by atoms with Crippen molar-refractivity contribution in [3.8, 4) is 0 Å². The number of carbonyl (C=O) groups excluding carboxylic acids is 2. The highest BCUT2D eigenvalue weighted by Gasteiger charge is 2.31. The molecule has 0 aliphatic heterocycles. The van der Waals surface area contributed by atoms with Gasteiger partial charge >= 0.3 is 6.18 Å². The van der Waals surface area contributed by atoms with Crippen LogP contribution in [0.1, 0.15) is 59.0 Å². The van der Waals surface area contributed by atoms with Crippen LogP contribution in [0.5, 0.6) is 0 Å². The molecule has 0 unspecified atom stereocenters. The first-order chi connectivity index (χ1) is 14.8. The molecule has 4 rings (SSSR count). The van der Waals surface area contributed by atoms with Gasteiger partial charge in [0.25, 0.3) is 5.91 Å². The van der Waals surface area contributed by atoms with Gasteiger partial charge in [-0.15, -0.1) is 0 Å². The molecule has 2 amide bonds. The van der Waals surface area contributed by atoms with Crippen molar-refractivity contribution in [2.24, 2.45) is 0 Å². The highest BCUT2D eigenvalue weighted by Crippen LogP contribution is 2.40. The van der Waals surface area contributed by atoms with Crippen molar-refractivity contribution in [2.75, 3.05) is 0 Å². The maximum atomic E-state index is 12.4. The number of nitrogens with zero attached hydrogens (tertiary/aromatic N) is 2. The summed E-state index contributed by atoms with van der Waals surface area (Å²) in [5, 5.41) is 9.16. The number of imidazole rings is 1. The van der Waals surface area contributed by atoms with E-state index in [1.807, 2.05) is 0 Å². The standard InChI is InChI=1S/C20H20F3N5O3/c21-20(22,23)6-5-17(29)24-8-11-1-4-14-15(7-11)27-16(26-14)9-25-19(30)13-10-31-28-18(13)12-2-3-12/h1,4,7,10,12H,2-3,5-6,8-9H2,(H,24,29)(H,25,30)(H,26,27). The summed E-state index contributed by atoms with van der Waals surface area (Å²) in [5.74, 6) is -0.118. The van der Waals surface area contributed by atoms with E-state index in [1.165, 1.54) is 6.26 Å². The minimum atomic E-state index is -4.36. The summed E-state index contributed by atoms with van der Waals surface area (Å²) in [6, 6.07) is 5.22. The number of hydrogen-bond acceptors (Lipinski definition) is 5. The van der Waals surface area contributed by atoms with Crippen LogP contribution < -0.4 is 10.6 Å². The lowest BCUT2D eigenvalue weighted by atomic mass is 10.2. The number of fused-ring (bicyclic) bond motifs is 1. The number of alkyl halides is 3. The Morgan fingerprint density at radius 2 is 2.00 bits per heavy atom. The topological polar surface area (TPSA) is 113 Å². The quantitative estimate of drug-likeness (QED) is 0.503. The van der Waals surface area contributed by atoms with E-state index in [1.54, 1.807) is 18.2 Å². The molecular formula is C20H20F3N5O3. The average Bonchev–Trinajstić information content (AvgIpc) is 3.30. The second-order valence-corrected chi connectivity index (χ2v) is 7.50. The molecule has 2 aromatic heterocycles. The average molecular weight is 435 g/mol. The molecule has 1 fully saturated rings. The molecular weight excluding hydrogens is 415 g/mol. The van der Waals surface area contributed by atoms with Crippen LogP contribution in [-0.2, 0) is 17.9 Å². The number of aromatic nitrogens is 3. The fraction of sp³-hybridized carbons (Fsp3) is 0.400. The van der Waals surface area contributed by atoms with E-state index < -0.39 is 24.9 Å². The zero-order chi connectivity index (χ0) is 22.0. The van der Waals surface area contributed by atoms with Gasteiger partial charge in [0.05, 0.1) is 29.7 Å². The van der Waals surface area contributed by atoms with Crippen LogP contribution in [0.15, 0.2) is 29.0 Å². The molecule has 0 spiro atoms. The number of hydrogen-bond donors (Lipinski definition) is 3. The Kier molecular flexibility index (Phi) is 5.66. The van der Waals surface area contributed by atoms with Gasteiger partial charge in [0.2, 0.25) is 5.91 Å². The lowest BCUT2D eigenvalue weighted by Gasteiger charge is -2.07. The highest BCUT2D eigenvalue weighted by atomic mass is 19.4. The Labute approximate surface area is 174 Å². The summed E-state index contributed by atoms with van der Waals surface area (Å²) in [7, 11) is 0. The number of benzene rings is 1. The normalized spacial score (nSPS) is 14.0. The Morgan fingerprint density at radius 3 is 2.74 bits per heavy atom. The predicted octanol–water partition coefficient (Wildman–Crippen LogP) is 3.32. The number of halogens is 3. The van der Waals surface area contributed by atoms with E-state index in [2.05, 4.69) is 25.8 Å². The summed E-state index contributed by atoms with van der Waals surface area (Å²) >= 11 is 0. The Morgan fingerprint density at radius 1 is 1.19 bits per heavy atom. The van der Waals surface area contributed by atoms with Crippen molar-refractivity contribution in [1.29, 1.82) is 0 Å². The Hall–Kier alpha value is -3.37. The van der Waals surface area contributed by atoms with Gasteiger partial charge in [-0.25, -0.2) is 4.98 Å². The second-order valence-electron chi connectivity index (χ2n) is 7.50. The number of rotatable bonds is 8. The summed E-state index contributed by atoms with van der Waals surface area (Å²) < 4.78 is 41.5. The molecule has 1 aromatic carbocycles. The number of H-pyrrole nitrogens is 1. The third-order valence-electron chi connectivity index (χ3n) is 4.94. The number of nitrogens with one attached hydrogen (secondary N) is 3. The molecule has 2 heterocycles.